The summed E-state index contributed by atoms with van der Waals surface area (Å²) in [4.78, 5) is 0. The molecule has 3 nitrogen and oxygen atoms in total. The summed E-state index contributed by atoms with van der Waals surface area (Å²) in [5, 5.41) is 21.5. The van der Waals surface area contributed by atoms with Crippen molar-refractivity contribution in [3.8, 4) is 0 Å². The summed E-state index contributed by atoms with van der Waals surface area (Å²) >= 11 is 0. The third-order valence-electron chi connectivity index (χ3n) is 3.45. The maximum atomic E-state index is 9.17. The van der Waals surface area contributed by atoms with Crippen LogP contribution >= 0.6 is 0 Å². The minimum Gasteiger partial charge on any atom is -0.394 e. The highest BCUT2D eigenvalue weighted by Gasteiger charge is 2.23. The van der Waals surface area contributed by atoms with Gasteiger partial charge in [-0.1, -0.05) is 24.3 Å². The Kier molecular flexibility index (Phi) is 3.82. The lowest BCUT2D eigenvalue weighted by Crippen LogP contribution is -2.48. The van der Waals surface area contributed by atoms with Crippen molar-refractivity contribution in [3.63, 3.8) is 0 Å². The Bertz CT molecular complexity index is 353. The van der Waals surface area contributed by atoms with Gasteiger partial charge in [0.05, 0.1) is 18.8 Å². The van der Waals surface area contributed by atoms with E-state index < -0.39 is 5.54 Å². The number of hydrogen-bond acceptors (Lipinski definition) is 3. The van der Waals surface area contributed by atoms with Crippen LogP contribution in [-0.2, 0) is 6.54 Å². The van der Waals surface area contributed by atoms with Gasteiger partial charge in [0.25, 0.3) is 0 Å². The fourth-order valence-electron chi connectivity index (χ4n) is 1.80. The molecule has 1 aromatic carbocycles. The Morgan fingerprint density at radius 2 is 1.76 bits per heavy atom. The zero-order valence-corrected chi connectivity index (χ0v) is 10.3. The molecule has 0 unspecified atom stereocenters. The predicted molar refractivity (Wildman–Crippen MR) is 67.8 cm³/mol. The molecule has 0 radical (unpaired) electrons. The first-order valence-electron chi connectivity index (χ1n) is 6.22. The Morgan fingerprint density at radius 3 is 2.24 bits per heavy atom. The van der Waals surface area contributed by atoms with E-state index in [0.717, 1.165) is 5.92 Å². The van der Waals surface area contributed by atoms with E-state index in [-0.39, 0.29) is 13.2 Å². The molecule has 2 rings (SSSR count). The molecule has 3 N–H and O–H groups in total. The van der Waals surface area contributed by atoms with Crippen LogP contribution in [0.25, 0.3) is 0 Å². The molecule has 94 valence electrons. The standard InChI is InChI=1S/C14H21NO2/c1-14(9-16,10-17)15-8-11-2-4-12(5-3-11)13-6-7-13/h2-5,13,15-17H,6-10H2,1H3. The Balaban J connectivity index is 1.90. The van der Waals surface area contributed by atoms with Gasteiger partial charge in [0, 0.05) is 6.54 Å². The van der Waals surface area contributed by atoms with Crippen LogP contribution in [0.5, 0.6) is 0 Å². The van der Waals surface area contributed by atoms with Crippen LogP contribution in [0.15, 0.2) is 24.3 Å². The highest BCUT2D eigenvalue weighted by molar-refractivity contribution is 5.28. The first-order valence-corrected chi connectivity index (χ1v) is 6.22. The van der Waals surface area contributed by atoms with E-state index in [9.17, 15) is 0 Å². The maximum Gasteiger partial charge on any atom is 0.0633 e. The van der Waals surface area contributed by atoms with Crippen LogP contribution in [0, 0.1) is 0 Å². The second-order valence-corrected chi connectivity index (χ2v) is 5.25. The molecule has 0 spiro atoms. The number of rotatable bonds is 6. The van der Waals surface area contributed by atoms with Crippen molar-refractivity contribution in [1.29, 1.82) is 0 Å². The largest absolute Gasteiger partial charge is 0.394 e. The summed E-state index contributed by atoms with van der Waals surface area (Å²) in [6, 6.07) is 8.61. The number of nitrogens with one attached hydrogen (secondary N) is 1. The summed E-state index contributed by atoms with van der Waals surface area (Å²) in [7, 11) is 0. The molecule has 1 fully saturated rings. The molecule has 0 amide bonds. The Morgan fingerprint density at radius 1 is 1.18 bits per heavy atom. The van der Waals surface area contributed by atoms with Crippen molar-refractivity contribution in [3.05, 3.63) is 35.4 Å². The van der Waals surface area contributed by atoms with Crippen molar-refractivity contribution >= 4 is 0 Å². The average molecular weight is 235 g/mol. The summed E-state index contributed by atoms with van der Waals surface area (Å²) in [6.07, 6.45) is 2.65. The van der Waals surface area contributed by atoms with Gasteiger partial charge in [-0.3, -0.25) is 0 Å². The number of hydrogen-bond donors (Lipinski definition) is 3. The Labute approximate surface area is 102 Å². The maximum absolute atomic E-state index is 9.17. The van der Waals surface area contributed by atoms with E-state index in [1.165, 1.54) is 24.0 Å². The third kappa shape index (κ3) is 3.28. The van der Waals surface area contributed by atoms with Gasteiger partial charge in [0.1, 0.15) is 0 Å². The van der Waals surface area contributed by atoms with Crippen LogP contribution in [0.1, 0.15) is 36.8 Å². The van der Waals surface area contributed by atoms with Gasteiger partial charge in [-0.25, -0.2) is 0 Å². The quantitative estimate of drug-likeness (QED) is 0.698. The highest BCUT2D eigenvalue weighted by atomic mass is 16.3. The van der Waals surface area contributed by atoms with Gasteiger partial charge in [0.2, 0.25) is 0 Å². The minimum atomic E-state index is -0.602. The number of aliphatic hydroxyl groups is 2. The smallest absolute Gasteiger partial charge is 0.0633 e. The Hall–Kier alpha value is -0.900. The lowest BCUT2D eigenvalue weighted by Gasteiger charge is -2.26. The first kappa shape index (κ1) is 12.6. The van der Waals surface area contributed by atoms with Crippen LogP contribution in [-0.4, -0.2) is 29.0 Å². The fourth-order valence-corrected chi connectivity index (χ4v) is 1.80. The minimum absolute atomic E-state index is 0.0658. The molecule has 0 aromatic heterocycles. The monoisotopic (exact) mass is 235 g/mol. The molecule has 1 aromatic rings. The lowest BCUT2D eigenvalue weighted by atomic mass is 10.0. The highest BCUT2D eigenvalue weighted by Crippen LogP contribution is 2.39. The van der Waals surface area contributed by atoms with Crippen molar-refractivity contribution in [2.75, 3.05) is 13.2 Å². The summed E-state index contributed by atoms with van der Waals surface area (Å²) in [6.45, 7) is 2.35. The zero-order valence-electron chi connectivity index (χ0n) is 10.3. The van der Waals surface area contributed by atoms with Crippen LogP contribution in [0.4, 0.5) is 0 Å². The lowest BCUT2D eigenvalue weighted by molar-refractivity contribution is 0.103. The average Bonchev–Trinajstić information content (AvgIpc) is 3.21. The second kappa shape index (κ2) is 5.17. The van der Waals surface area contributed by atoms with Gasteiger partial charge >= 0.3 is 0 Å². The summed E-state index contributed by atoms with van der Waals surface area (Å²) in [5.74, 6) is 0.789. The van der Waals surface area contributed by atoms with Gasteiger partial charge < -0.3 is 15.5 Å². The molecule has 0 bridgehead atoms. The van der Waals surface area contributed by atoms with Gasteiger partial charge in [-0.15, -0.1) is 0 Å². The van der Waals surface area contributed by atoms with Crippen LogP contribution < -0.4 is 5.32 Å². The van der Waals surface area contributed by atoms with E-state index in [1.807, 2.05) is 6.92 Å². The molecule has 0 aliphatic heterocycles. The molecule has 1 aliphatic carbocycles. The molecule has 17 heavy (non-hydrogen) atoms. The fraction of sp³-hybridized carbons (Fsp3) is 0.571. The van der Waals surface area contributed by atoms with Crippen molar-refractivity contribution in [2.24, 2.45) is 0 Å². The van der Waals surface area contributed by atoms with Gasteiger partial charge in [-0.05, 0) is 36.8 Å². The molecule has 3 heteroatoms. The SMILES string of the molecule is CC(CO)(CO)NCc1ccc(C2CC2)cc1. The topological polar surface area (TPSA) is 52.5 Å². The molecule has 0 atom stereocenters. The van der Waals surface area contributed by atoms with E-state index in [0.29, 0.717) is 6.54 Å². The zero-order chi connectivity index (χ0) is 12.3. The van der Waals surface area contributed by atoms with E-state index in [1.54, 1.807) is 0 Å². The molecule has 0 saturated heterocycles. The van der Waals surface area contributed by atoms with Crippen molar-refractivity contribution < 1.29 is 10.2 Å². The second-order valence-electron chi connectivity index (χ2n) is 5.25. The summed E-state index contributed by atoms with van der Waals surface area (Å²) in [5.41, 5.74) is 2.01. The number of benzene rings is 1. The molecule has 1 saturated carbocycles. The molecular formula is C14H21NO2. The predicted octanol–water partition coefficient (Wildman–Crippen LogP) is 1.40. The van der Waals surface area contributed by atoms with Crippen LogP contribution in [0.2, 0.25) is 0 Å². The molecular weight excluding hydrogens is 214 g/mol. The normalized spacial score (nSPS) is 16.2. The third-order valence-corrected chi connectivity index (χ3v) is 3.45. The first-order chi connectivity index (χ1) is 8.17. The van der Waals surface area contributed by atoms with E-state index in [2.05, 4.69) is 29.6 Å². The van der Waals surface area contributed by atoms with E-state index >= 15 is 0 Å². The van der Waals surface area contributed by atoms with Crippen molar-refractivity contribution in [1.82, 2.24) is 5.32 Å². The summed E-state index contributed by atoms with van der Waals surface area (Å²) < 4.78 is 0. The van der Waals surface area contributed by atoms with Crippen molar-refractivity contribution in [2.45, 2.75) is 37.8 Å². The molecule has 0 heterocycles. The van der Waals surface area contributed by atoms with Crippen LogP contribution in [0.3, 0.4) is 0 Å². The van der Waals surface area contributed by atoms with Gasteiger partial charge in [-0.2, -0.15) is 0 Å². The van der Waals surface area contributed by atoms with Gasteiger partial charge in [0.15, 0.2) is 0 Å². The number of aliphatic hydroxyl groups excluding tert-OH is 2. The molecule has 1 aliphatic rings. The van der Waals surface area contributed by atoms with E-state index in [4.69, 9.17) is 10.2 Å².